The van der Waals surface area contributed by atoms with E-state index >= 15 is 0 Å². The predicted octanol–water partition coefficient (Wildman–Crippen LogP) is 12.8. The van der Waals surface area contributed by atoms with E-state index in [1.54, 1.807) is 22.7 Å². The molecule has 0 aliphatic heterocycles. The second-order valence-corrected chi connectivity index (χ2v) is 14.3. The van der Waals surface area contributed by atoms with Gasteiger partial charge in [-0.05, 0) is 99.1 Å². The van der Waals surface area contributed by atoms with Crippen LogP contribution in [0.2, 0.25) is 0 Å². The van der Waals surface area contributed by atoms with Crippen molar-refractivity contribution in [2.24, 2.45) is 0 Å². The Labute approximate surface area is 298 Å². The number of hydrogen-bond acceptors (Lipinski definition) is 5. The molecule has 0 amide bonds. The van der Waals surface area contributed by atoms with Gasteiger partial charge < -0.3 is 0 Å². The molecule has 0 spiro atoms. The Balaban J connectivity index is 1.09. The first kappa shape index (κ1) is 29.9. The van der Waals surface area contributed by atoms with Crippen molar-refractivity contribution in [1.29, 1.82) is 5.26 Å². The molecule has 0 aliphatic carbocycles. The number of nitrogens with zero attached hydrogens (tertiary/aromatic N) is 3. The summed E-state index contributed by atoms with van der Waals surface area (Å²) in [5.41, 5.74) is 14.1. The van der Waals surface area contributed by atoms with Crippen LogP contribution in [0.25, 0.3) is 86.1 Å². The Morgan fingerprint density at radius 3 is 1.04 bits per heavy atom. The molecule has 2 aromatic heterocycles. The Bertz CT molecular complexity index is 2480. The molecule has 5 heteroatoms. The normalized spacial score (nSPS) is 11.2. The van der Waals surface area contributed by atoms with Crippen LogP contribution < -0.4 is 0 Å². The van der Waals surface area contributed by atoms with Gasteiger partial charge in [0.05, 0.1) is 32.1 Å². The molecule has 0 fully saturated rings. The first-order valence-corrected chi connectivity index (χ1v) is 18.0. The van der Waals surface area contributed by atoms with Crippen LogP contribution in [0.1, 0.15) is 5.56 Å². The number of rotatable bonds is 6. The topological polar surface area (TPSA) is 49.6 Å². The number of thiazole rings is 2. The summed E-state index contributed by atoms with van der Waals surface area (Å²) in [6.45, 7) is 0. The zero-order chi connectivity index (χ0) is 33.4. The quantitative estimate of drug-likeness (QED) is 0.176. The Morgan fingerprint density at radius 1 is 0.360 bits per heavy atom. The Kier molecular flexibility index (Phi) is 7.59. The summed E-state index contributed by atoms with van der Waals surface area (Å²) in [6, 6.07) is 59.6. The van der Waals surface area contributed by atoms with Gasteiger partial charge in [-0.15, -0.1) is 22.7 Å². The minimum Gasteiger partial charge on any atom is -0.236 e. The maximum atomic E-state index is 9.20. The fourth-order valence-corrected chi connectivity index (χ4v) is 8.26. The van der Waals surface area contributed by atoms with Crippen molar-refractivity contribution in [3.8, 4) is 71.7 Å². The highest BCUT2D eigenvalue weighted by Gasteiger charge is 2.12. The first-order chi connectivity index (χ1) is 24.7. The van der Waals surface area contributed by atoms with Crippen LogP contribution in [0.4, 0.5) is 0 Å². The molecule has 0 N–H and O–H groups in total. The Hall–Kier alpha value is -6.19. The average Bonchev–Trinajstić information content (AvgIpc) is 3.83. The molecule has 7 aromatic carbocycles. The summed E-state index contributed by atoms with van der Waals surface area (Å²) in [5.74, 6) is 0. The van der Waals surface area contributed by atoms with Crippen LogP contribution in [-0.4, -0.2) is 9.97 Å². The van der Waals surface area contributed by atoms with E-state index < -0.39 is 0 Å². The lowest BCUT2D eigenvalue weighted by molar-refractivity contribution is 1.47. The van der Waals surface area contributed by atoms with Gasteiger partial charge in [-0.3, -0.25) is 0 Å². The molecule has 3 nitrogen and oxygen atoms in total. The third-order valence-corrected chi connectivity index (χ3v) is 11.2. The van der Waals surface area contributed by atoms with Gasteiger partial charge in [0.1, 0.15) is 10.0 Å². The summed E-state index contributed by atoms with van der Waals surface area (Å²) in [7, 11) is 0. The molecule has 0 saturated carbocycles. The van der Waals surface area contributed by atoms with Crippen molar-refractivity contribution >= 4 is 43.1 Å². The average molecular weight is 674 g/mol. The fraction of sp³-hybridized carbons (Fsp3) is 0. The largest absolute Gasteiger partial charge is 0.236 e. The van der Waals surface area contributed by atoms with Gasteiger partial charge in [-0.25, -0.2) is 9.97 Å². The van der Waals surface area contributed by atoms with Crippen LogP contribution in [-0.2, 0) is 0 Å². The molecule has 9 aromatic rings. The smallest absolute Gasteiger partial charge is 0.124 e. The highest BCUT2D eigenvalue weighted by atomic mass is 32.1. The monoisotopic (exact) mass is 673 g/mol. The Morgan fingerprint density at radius 2 is 0.680 bits per heavy atom. The third-order valence-electron chi connectivity index (χ3n) is 9.02. The lowest BCUT2D eigenvalue weighted by Gasteiger charge is -2.13. The molecule has 0 unspecified atom stereocenters. The summed E-state index contributed by atoms with van der Waals surface area (Å²) < 4.78 is 2.39. The molecule has 0 radical (unpaired) electrons. The molecular weight excluding hydrogens is 647 g/mol. The van der Waals surface area contributed by atoms with Gasteiger partial charge >= 0.3 is 0 Å². The lowest BCUT2D eigenvalue weighted by Crippen LogP contribution is -1.87. The summed E-state index contributed by atoms with van der Waals surface area (Å²) in [4.78, 5) is 9.74. The second kappa shape index (κ2) is 12.7. The summed E-state index contributed by atoms with van der Waals surface area (Å²) >= 11 is 3.45. The van der Waals surface area contributed by atoms with E-state index in [0.29, 0.717) is 5.56 Å². The van der Waals surface area contributed by atoms with Crippen molar-refractivity contribution in [2.45, 2.75) is 0 Å². The van der Waals surface area contributed by atoms with Gasteiger partial charge in [-0.1, -0.05) is 109 Å². The van der Waals surface area contributed by atoms with Crippen LogP contribution in [0, 0.1) is 11.3 Å². The van der Waals surface area contributed by atoms with E-state index in [1.165, 1.54) is 9.40 Å². The number of aromatic nitrogens is 2. The predicted molar refractivity (Wildman–Crippen MR) is 210 cm³/mol. The molecular formula is C45H27N3S2. The van der Waals surface area contributed by atoms with Gasteiger partial charge in [0.25, 0.3) is 0 Å². The molecule has 0 saturated heterocycles. The van der Waals surface area contributed by atoms with E-state index in [-0.39, 0.29) is 0 Å². The van der Waals surface area contributed by atoms with Crippen LogP contribution in [0.3, 0.4) is 0 Å². The number of nitriles is 1. The minimum atomic E-state index is 0.663. The molecule has 2 heterocycles. The first-order valence-electron chi connectivity index (χ1n) is 16.4. The summed E-state index contributed by atoms with van der Waals surface area (Å²) in [6.07, 6.45) is 0. The molecule has 9 rings (SSSR count). The van der Waals surface area contributed by atoms with Gasteiger partial charge in [-0.2, -0.15) is 5.26 Å². The SMILES string of the molecule is N#Cc1ccc(-c2ccc(-c3cc(-c4ccc(-c5nc6ccccc6s5)cc4)cc(-c4ccc(-c5nc6ccccc6s5)cc4)c3)cc2)cc1. The van der Waals surface area contributed by atoms with Gasteiger partial charge in [0.15, 0.2) is 0 Å². The third kappa shape index (κ3) is 5.77. The standard InChI is InChI=1S/C45H27N3S2/c46-28-29-9-11-30(12-10-29)31-13-15-32(16-14-31)37-25-38(33-17-21-35(22-18-33)44-47-40-5-1-3-7-42(40)49-44)27-39(26-37)34-19-23-36(24-20-34)45-48-41-6-2-4-8-43(41)50-45/h1-27H. The fourth-order valence-electron chi connectivity index (χ4n) is 6.32. The molecule has 0 aliphatic rings. The highest BCUT2D eigenvalue weighted by Crippen LogP contribution is 2.37. The van der Waals surface area contributed by atoms with Crippen molar-refractivity contribution in [3.05, 3.63) is 169 Å². The number of benzene rings is 7. The van der Waals surface area contributed by atoms with Crippen LogP contribution in [0.15, 0.2) is 164 Å². The van der Waals surface area contributed by atoms with Crippen molar-refractivity contribution in [3.63, 3.8) is 0 Å². The summed E-state index contributed by atoms with van der Waals surface area (Å²) in [5, 5.41) is 11.3. The maximum absolute atomic E-state index is 9.20. The van der Waals surface area contributed by atoms with Gasteiger partial charge in [0, 0.05) is 11.1 Å². The van der Waals surface area contributed by atoms with Crippen molar-refractivity contribution in [1.82, 2.24) is 9.97 Å². The van der Waals surface area contributed by atoms with E-state index in [1.807, 2.05) is 36.4 Å². The lowest BCUT2D eigenvalue weighted by atomic mass is 9.92. The molecule has 50 heavy (non-hydrogen) atoms. The van der Waals surface area contributed by atoms with E-state index in [4.69, 9.17) is 9.97 Å². The molecule has 0 atom stereocenters. The number of para-hydroxylation sites is 2. The molecule has 234 valence electrons. The van der Waals surface area contributed by atoms with Gasteiger partial charge in [0.2, 0.25) is 0 Å². The number of fused-ring (bicyclic) bond motifs is 2. The van der Waals surface area contributed by atoms with E-state index in [9.17, 15) is 5.26 Å². The van der Waals surface area contributed by atoms with Crippen molar-refractivity contribution in [2.75, 3.05) is 0 Å². The van der Waals surface area contributed by atoms with Crippen LogP contribution in [0.5, 0.6) is 0 Å². The molecule has 0 bridgehead atoms. The minimum absolute atomic E-state index is 0.663. The van der Waals surface area contributed by atoms with Crippen molar-refractivity contribution < 1.29 is 0 Å². The maximum Gasteiger partial charge on any atom is 0.124 e. The van der Waals surface area contributed by atoms with E-state index in [0.717, 1.165) is 76.7 Å². The zero-order valence-corrected chi connectivity index (χ0v) is 28.4. The zero-order valence-electron chi connectivity index (χ0n) is 26.7. The van der Waals surface area contributed by atoms with E-state index in [2.05, 4.69) is 133 Å². The van der Waals surface area contributed by atoms with Crippen LogP contribution >= 0.6 is 22.7 Å². The number of hydrogen-bond donors (Lipinski definition) is 0. The second-order valence-electron chi connectivity index (χ2n) is 12.2. The highest BCUT2D eigenvalue weighted by molar-refractivity contribution is 7.22.